The fourth-order valence-electron chi connectivity index (χ4n) is 4.47. The maximum atomic E-state index is 13.1. The Hall–Kier alpha value is -4.04. The summed E-state index contributed by atoms with van der Waals surface area (Å²) in [5.41, 5.74) is 2.91. The number of ketones is 1. The maximum absolute atomic E-state index is 13.1. The second kappa shape index (κ2) is 10.5. The molecule has 0 radical (unpaired) electrons. The predicted molar refractivity (Wildman–Crippen MR) is 136 cm³/mol. The fraction of sp³-hybridized carbons (Fsp3) is 0.259. The number of likely N-dealkylation sites (tertiary alicyclic amines) is 1. The number of hydrogen-bond acceptors (Lipinski definition) is 6. The van der Waals surface area contributed by atoms with Crippen LogP contribution >= 0.6 is 0 Å². The molecule has 0 aliphatic carbocycles. The minimum atomic E-state index is -0.114. The lowest BCUT2D eigenvalue weighted by atomic mass is 10.0. The van der Waals surface area contributed by atoms with Gasteiger partial charge in [-0.3, -0.25) is 9.59 Å². The van der Waals surface area contributed by atoms with E-state index >= 15 is 0 Å². The molecule has 0 atom stereocenters. The summed E-state index contributed by atoms with van der Waals surface area (Å²) in [6, 6.07) is 16.4. The highest BCUT2D eigenvalue weighted by molar-refractivity contribution is 6.18. The quantitative estimate of drug-likeness (QED) is 0.252. The molecule has 1 aliphatic rings. The Balaban J connectivity index is 1.30. The lowest BCUT2D eigenvalue weighted by Gasteiger charge is -2.14. The van der Waals surface area contributed by atoms with E-state index in [0.29, 0.717) is 45.8 Å². The number of anilines is 2. The molecule has 2 aromatic heterocycles. The molecule has 4 aromatic rings. The van der Waals surface area contributed by atoms with E-state index in [9.17, 15) is 9.59 Å². The van der Waals surface area contributed by atoms with Crippen molar-refractivity contribution in [2.24, 2.45) is 0 Å². The summed E-state index contributed by atoms with van der Waals surface area (Å²) in [6.45, 7) is 4.00. The second-order valence-electron chi connectivity index (χ2n) is 8.71. The molecule has 0 spiro atoms. The highest BCUT2D eigenvalue weighted by atomic mass is 16.1. The van der Waals surface area contributed by atoms with Gasteiger partial charge in [0.05, 0.1) is 10.9 Å². The van der Waals surface area contributed by atoms with Gasteiger partial charge >= 0.3 is 0 Å². The Morgan fingerprint density at radius 2 is 1.77 bits per heavy atom. The van der Waals surface area contributed by atoms with Crippen LogP contribution in [0.1, 0.15) is 45.5 Å². The minimum absolute atomic E-state index is 0.107. The summed E-state index contributed by atoms with van der Waals surface area (Å²) in [6.07, 6.45) is 6.58. The molecule has 1 saturated heterocycles. The van der Waals surface area contributed by atoms with Gasteiger partial charge in [-0.2, -0.15) is 0 Å². The third-order valence-electron chi connectivity index (χ3n) is 6.27. The zero-order valence-corrected chi connectivity index (χ0v) is 19.5. The number of aromatic amines is 1. The lowest BCUT2D eigenvalue weighted by Crippen LogP contribution is -2.28. The molecule has 35 heavy (non-hydrogen) atoms. The van der Waals surface area contributed by atoms with E-state index in [0.717, 1.165) is 26.1 Å². The first-order valence-electron chi connectivity index (χ1n) is 12.0. The van der Waals surface area contributed by atoms with Crippen LogP contribution in [-0.4, -0.2) is 57.7 Å². The van der Waals surface area contributed by atoms with E-state index in [1.54, 1.807) is 30.5 Å². The van der Waals surface area contributed by atoms with Crippen molar-refractivity contribution in [3.05, 3.63) is 83.8 Å². The van der Waals surface area contributed by atoms with Crippen LogP contribution in [0, 0.1) is 0 Å². The Morgan fingerprint density at radius 1 is 0.971 bits per heavy atom. The summed E-state index contributed by atoms with van der Waals surface area (Å²) in [5.74, 6) is 0.278. The molecule has 1 fully saturated rings. The largest absolute Gasteiger partial charge is 0.352 e. The van der Waals surface area contributed by atoms with Gasteiger partial charge in [0.15, 0.2) is 5.78 Å². The van der Waals surface area contributed by atoms with Crippen molar-refractivity contribution >= 4 is 34.2 Å². The molecule has 0 saturated carbocycles. The Labute approximate surface area is 203 Å². The number of nitrogens with one attached hydrogen (secondary N) is 3. The van der Waals surface area contributed by atoms with E-state index in [1.807, 2.05) is 30.3 Å². The number of amides is 1. The molecular formula is C27H28N6O2. The molecule has 1 aliphatic heterocycles. The van der Waals surface area contributed by atoms with Crippen molar-refractivity contribution in [2.75, 3.05) is 31.5 Å². The van der Waals surface area contributed by atoms with Gasteiger partial charge in [-0.15, -0.1) is 0 Å². The molecular weight excluding hydrogens is 440 g/mol. The van der Waals surface area contributed by atoms with Crippen molar-refractivity contribution in [1.29, 1.82) is 0 Å². The van der Waals surface area contributed by atoms with Gasteiger partial charge < -0.3 is 20.5 Å². The van der Waals surface area contributed by atoms with E-state index in [1.165, 1.54) is 19.2 Å². The van der Waals surface area contributed by atoms with Crippen LogP contribution in [0.3, 0.4) is 0 Å². The first-order valence-corrected chi connectivity index (χ1v) is 12.0. The lowest BCUT2D eigenvalue weighted by molar-refractivity contribution is 0.0951. The van der Waals surface area contributed by atoms with Gasteiger partial charge in [-0.25, -0.2) is 9.97 Å². The predicted octanol–water partition coefficient (Wildman–Crippen LogP) is 4.15. The zero-order valence-electron chi connectivity index (χ0n) is 19.5. The number of nitrogens with zero attached hydrogens (tertiary/aromatic N) is 3. The summed E-state index contributed by atoms with van der Waals surface area (Å²) in [7, 11) is 0. The summed E-state index contributed by atoms with van der Waals surface area (Å²) < 4.78 is 0. The van der Waals surface area contributed by atoms with Crippen molar-refractivity contribution in [2.45, 2.75) is 19.3 Å². The summed E-state index contributed by atoms with van der Waals surface area (Å²) >= 11 is 0. The second-order valence-corrected chi connectivity index (χ2v) is 8.71. The topological polar surface area (TPSA) is 103 Å². The fourth-order valence-corrected chi connectivity index (χ4v) is 4.47. The van der Waals surface area contributed by atoms with Crippen LogP contribution in [0.25, 0.3) is 11.0 Å². The van der Waals surface area contributed by atoms with Gasteiger partial charge in [0, 0.05) is 29.6 Å². The average molecular weight is 469 g/mol. The highest BCUT2D eigenvalue weighted by Crippen LogP contribution is 2.28. The normalized spacial score (nSPS) is 13.7. The number of benzene rings is 2. The monoisotopic (exact) mass is 468 g/mol. The van der Waals surface area contributed by atoms with Crippen LogP contribution in [-0.2, 0) is 0 Å². The number of H-pyrrole nitrogens is 1. The Bertz CT molecular complexity index is 1330. The first-order chi connectivity index (χ1) is 17.2. The Morgan fingerprint density at radius 3 is 2.60 bits per heavy atom. The molecule has 8 heteroatoms. The molecule has 8 nitrogen and oxygen atoms in total. The van der Waals surface area contributed by atoms with E-state index in [-0.39, 0.29) is 11.7 Å². The van der Waals surface area contributed by atoms with Crippen molar-refractivity contribution in [3.8, 4) is 0 Å². The smallest absolute Gasteiger partial charge is 0.251 e. The molecule has 2 aromatic carbocycles. The van der Waals surface area contributed by atoms with Gasteiger partial charge in [-0.05, 0) is 57.1 Å². The van der Waals surface area contributed by atoms with Crippen LogP contribution < -0.4 is 10.6 Å². The summed E-state index contributed by atoms with van der Waals surface area (Å²) in [4.78, 5) is 40.0. The summed E-state index contributed by atoms with van der Waals surface area (Å²) in [5, 5.41) is 6.89. The molecule has 0 bridgehead atoms. The molecule has 3 N–H and O–H groups in total. The third-order valence-corrected chi connectivity index (χ3v) is 6.27. The number of hydrogen-bond donors (Lipinski definition) is 3. The number of carbonyl (C=O) groups is 2. The molecule has 5 rings (SSSR count). The molecule has 0 unspecified atom stereocenters. The van der Waals surface area contributed by atoms with E-state index < -0.39 is 0 Å². The van der Waals surface area contributed by atoms with Gasteiger partial charge in [0.25, 0.3) is 5.91 Å². The van der Waals surface area contributed by atoms with Gasteiger partial charge in [-0.1, -0.05) is 36.4 Å². The Kier molecular flexibility index (Phi) is 6.81. The van der Waals surface area contributed by atoms with Gasteiger partial charge in [0.1, 0.15) is 17.8 Å². The number of aromatic nitrogens is 3. The van der Waals surface area contributed by atoms with E-state index in [2.05, 4.69) is 30.5 Å². The van der Waals surface area contributed by atoms with Crippen molar-refractivity contribution in [1.82, 2.24) is 25.2 Å². The molecule has 178 valence electrons. The highest BCUT2D eigenvalue weighted by Gasteiger charge is 2.19. The third kappa shape index (κ3) is 5.22. The number of carbonyl (C=O) groups excluding carboxylic acids is 2. The zero-order chi connectivity index (χ0) is 24.0. The maximum Gasteiger partial charge on any atom is 0.251 e. The SMILES string of the molecule is O=C(NCCCN1CCCC1)c1cccc(Nc2ncnc3[nH]cc(C(=O)c4ccccc4)c23)c1. The standard InChI is InChI=1S/C27H28N6O2/c34-24(19-8-2-1-3-9-19)22-17-29-25-23(22)26(31-18-30-25)32-21-11-6-10-20(16-21)27(35)28-12-7-15-33-13-4-5-14-33/h1-3,6,8-11,16-18H,4-5,7,12-15H2,(H,28,35)(H2,29,30,31,32). The first kappa shape index (κ1) is 22.7. The van der Waals surface area contributed by atoms with Gasteiger partial charge in [0.2, 0.25) is 0 Å². The van der Waals surface area contributed by atoms with Crippen LogP contribution in [0.15, 0.2) is 67.1 Å². The average Bonchev–Trinajstić information content (AvgIpc) is 3.57. The number of rotatable bonds is 9. The number of fused-ring (bicyclic) bond motifs is 1. The van der Waals surface area contributed by atoms with E-state index in [4.69, 9.17) is 0 Å². The van der Waals surface area contributed by atoms with Crippen LogP contribution in [0.2, 0.25) is 0 Å². The van der Waals surface area contributed by atoms with Crippen LogP contribution in [0.5, 0.6) is 0 Å². The molecule has 3 heterocycles. The minimum Gasteiger partial charge on any atom is -0.352 e. The molecule has 1 amide bonds. The van der Waals surface area contributed by atoms with Crippen LogP contribution in [0.4, 0.5) is 11.5 Å². The van der Waals surface area contributed by atoms with Crippen molar-refractivity contribution in [3.63, 3.8) is 0 Å². The van der Waals surface area contributed by atoms with Crippen molar-refractivity contribution < 1.29 is 9.59 Å².